The number of amides is 1. The first kappa shape index (κ1) is 17.3. The summed E-state index contributed by atoms with van der Waals surface area (Å²) in [6, 6.07) is 13.7. The Balaban J connectivity index is 1.58. The van der Waals surface area contributed by atoms with Crippen molar-refractivity contribution < 1.29 is 14.3 Å². The van der Waals surface area contributed by atoms with E-state index in [2.05, 4.69) is 23.2 Å². The van der Waals surface area contributed by atoms with Crippen molar-refractivity contribution in [3.63, 3.8) is 0 Å². The van der Waals surface area contributed by atoms with Gasteiger partial charge < -0.3 is 19.7 Å². The van der Waals surface area contributed by atoms with Crippen LogP contribution in [0.5, 0.6) is 5.75 Å². The van der Waals surface area contributed by atoms with Gasteiger partial charge in [0.25, 0.3) is 5.91 Å². The Morgan fingerprint density at radius 3 is 2.60 bits per heavy atom. The molecule has 0 bridgehead atoms. The number of ether oxygens (including phenoxy) is 2. The predicted octanol–water partition coefficient (Wildman–Crippen LogP) is 3.16. The molecule has 0 saturated carbocycles. The Labute approximate surface area is 148 Å². The van der Waals surface area contributed by atoms with Crippen molar-refractivity contribution in [1.29, 1.82) is 0 Å². The molecular weight excluding hydrogens is 316 g/mol. The number of nitrogens with zero attached hydrogens (tertiary/aromatic N) is 1. The lowest BCUT2D eigenvalue weighted by molar-refractivity contribution is -0.118. The van der Waals surface area contributed by atoms with Crippen molar-refractivity contribution in [3.8, 4) is 5.75 Å². The molecule has 1 aliphatic heterocycles. The highest BCUT2D eigenvalue weighted by atomic mass is 16.5. The number of hydrogen-bond donors (Lipinski definition) is 1. The summed E-state index contributed by atoms with van der Waals surface area (Å²) in [7, 11) is 0. The van der Waals surface area contributed by atoms with Crippen molar-refractivity contribution in [2.75, 3.05) is 43.1 Å². The number of aryl methyl sites for hydroxylation is 2. The van der Waals surface area contributed by atoms with E-state index in [1.54, 1.807) is 0 Å². The summed E-state index contributed by atoms with van der Waals surface area (Å²) in [5.74, 6) is 0.568. The summed E-state index contributed by atoms with van der Waals surface area (Å²) >= 11 is 0. The van der Waals surface area contributed by atoms with Gasteiger partial charge in [0.2, 0.25) is 0 Å². The van der Waals surface area contributed by atoms with E-state index in [1.165, 1.54) is 5.69 Å². The number of benzene rings is 2. The minimum atomic E-state index is -0.165. The molecule has 1 fully saturated rings. The molecule has 0 aliphatic carbocycles. The smallest absolute Gasteiger partial charge is 0.262 e. The lowest BCUT2D eigenvalue weighted by Crippen LogP contribution is -2.36. The largest absolute Gasteiger partial charge is 0.483 e. The van der Waals surface area contributed by atoms with Crippen LogP contribution in [0.3, 0.4) is 0 Å². The van der Waals surface area contributed by atoms with Crippen LogP contribution < -0.4 is 15.0 Å². The Hall–Kier alpha value is -2.53. The fraction of sp³-hybridized carbons (Fsp3) is 0.350. The molecule has 1 amide bonds. The lowest BCUT2D eigenvalue weighted by Gasteiger charge is -2.30. The van der Waals surface area contributed by atoms with E-state index in [1.807, 2.05) is 43.3 Å². The maximum absolute atomic E-state index is 12.1. The molecule has 1 aliphatic rings. The highest BCUT2D eigenvalue weighted by Gasteiger charge is 2.14. The van der Waals surface area contributed by atoms with Crippen LogP contribution in [0.2, 0.25) is 0 Å². The topological polar surface area (TPSA) is 50.8 Å². The summed E-state index contributed by atoms with van der Waals surface area (Å²) < 4.78 is 11.0. The molecular formula is C20H24N2O3. The second kappa shape index (κ2) is 8.03. The maximum Gasteiger partial charge on any atom is 0.262 e. The maximum atomic E-state index is 12.1. The monoisotopic (exact) mass is 340 g/mol. The summed E-state index contributed by atoms with van der Waals surface area (Å²) in [5, 5.41) is 2.90. The van der Waals surface area contributed by atoms with Crippen molar-refractivity contribution >= 4 is 17.3 Å². The molecule has 2 aromatic rings. The standard InChI is InChI=1S/C20H24N2O3/c1-15-5-3-4-6-19(15)25-14-20(23)21-17-7-8-18(16(2)13-17)22-9-11-24-12-10-22/h3-8,13H,9-12,14H2,1-2H3,(H,21,23). The van der Waals surface area contributed by atoms with E-state index in [4.69, 9.17) is 9.47 Å². The van der Waals surface area contributed by atoms with E-state index in [-0.39, 0.29) is 12.5 Å². The Morgan fingerprint density at radius 2 is 1.88 bits per heavy atom. The van der Waals surface area contributed by atoms with Crippen molar-refractivity contribution in [2.45, 2.75) is 13.8 Å². The minimum Gasteiger partial charge on any atom is -0.483 e. The highest BCUT2D eigenvalue weighted by Crippen LogP contribution is 2.24. The first-order valence-electron chi connectivity index (χ1n) is 8.55. The van der Waals surface area contributed by atoms with E-state index in [0.717, 1.165) is 48.9 Å². The number of rotatable bonds is 5. The van der Waals surface area contributed by atoms with E-state index < -0.39 is 0 Å². The van der Waals surface area contributed by atoms with Gasteiger partial charge in [0, 0.05) is 24.5 Å². The third-order valence-electron chi connectivity index (χ3n) is 4.28. The van der Waals surface area contributed by atoms with Crippen LogP contribution in [0.4, 0.5) is 11.4 Å². The van der Waals surface area contributed by atoms with Crippen LogP contribution in [-0.2, 0) is 9.53 Å². The van der Waals surface area contributed by atoms with Gasteiger partial charge in [-0.3, -0.25) is 4.79 Å². The Morgan fingerprint density at radius 1 is 1.12 bits per heavy atom. The van der Waals surface area contributed by atoms with Gasteiger partial charge in [-0.05, 0) is 49.2 Å². The molecule has 0 spiro atoms. The molecule has 0 unspecified atom stereocenters. The fourth-order valence-corrected chi connectivity index (χ4v) is 2.95. The van der Waals surface area contributed by atoms with Gasteiger partial charge in [-0.1, -0.05) is 18.2 Å². The van der Waals surface area contributed by atoms with Gasteiger partial charge in [-0.15, -0.1) is 0 Å². The van der Waals surface area contributed by atoms with Crippen LogP contribution in [0, 0.1) is 13.8 Å². The molecule has 25 heavy (non-hydrogen) atoms. The molecule has 1 N–H and O–H groups in total. The van der Waals surface area contributed by atoms with Crippen molar-refractivity contribution in [3.05, 3.63) is 53.6 Å². The number of anilines is 2. The van der Waals surface area contributed by atoms with E-state index in [0.29, 0.717) is 0 Å². The van der Waals surface area contributed by atoms with Gasteiger partial charge in [-0.25, -0.2) is 0 Å². The van der Waals surface area contributed by atoms with E-state index in [9.17, 15) is 4.79 Å². The molecule has 1 heterocycles. The van der Waals surface area contributed by atoms with Crippen LogP contribution >= 0.6 is 0 Å². The van der Waals surface area contributed by atoms with Crippen LogP contribution in [0.1, 0.15) is 11.1 Å². The quantitative estimate of drug-likeness (QED) is 0.908. The summed E-state index contributed by atoms with van der Waals surface area (Å²) in [6.07, 6.45) is 0. The molecule has 2 aromatic carbocycles. The van der Waals surface area contributed by atoms with Gasteiger partial charge in [0.1, 0.15) is 5.75 Å². The number of morpholine rings is 1. The van der Waals surface area contributed by atoms with Crippen molar-refractivity contribution in [2.24, 2.45) is 0 Å². The van der Waals surface area contributed by atoms with Crippen LogP contribution in [0.25, 0.3) is 0 Å². The number of carbonyl (C=O) groups excluding carboxylic acids is 1. The number of carbonyl (C=O) groups is 1. The highest BCUT2D eigenvalue weighted by molar-refractivity contribution is 5.92. The zero-order valence-corrected chi connectivity index (χ0v) is 14.7. The molecule has 1 saturated heterocycles. The van der Waals surface area contributed by atoms with Gasteiger partial charge in [0.05, 0.1) is 13.2 Å². The Bertz CT molecular complexity index is 739. The minimum absolute atomic E-state index is 0.00485. The molecule has 0 aromatic heterocycles. The summed E-state index contributed by atoms with van der Waals surface area (Å²) in [6.45, 7) is 7.33. The molecule has 5 heteroatoms. The van der Waals surface area contributed by atoms with Gasteiger partial charge in [0.15, 0.2) is 6.61 Å². The second-order valence-corrected chi connectivity index (χ2v) is 6.20. The molecule has 3 rings (SSSR count). The number of nitrogens with one attached hydrogen (secondary N) is 1. The first-order valence-corrected chi connectivity index (χ1v) is 8.55. The molecule has 0 atom stereocenters. The third-order valence-corrected chi connectivity index (χ3v) is 4.28. The predicted molar refractivity (Wildman–Crippen MR) is 99.5 cm³/mol. The Kier molecular flexibility index (Phi) is 5.56. The molecule has 5 nitrogen and oxygen atoms in total. The summed E-state index contributed by atoms with van der Waals surface area (Å²) in [5.41, 5.74) is 4.13. The van der Waals surface area contributed by atoms with E-state index >= 15 is 0 Å². The van der Waals surface area contributed by atoms with Gasteiger partial charge in [-0.2, -0.15) is 0 Å². The zero-order chi connectivity index (χ0) is 17.6. The SMILES string of the molecule is Cc1ccccc1OCC(=O)Nc1ccc(N2CCOCC2)c(C)c1. The average Bonchev–Trinajstić information content (AvgIpc) is 2.62. The zero-order valence-electron chi connectivity index (χ0n) is 14.7. The van der Waals surface area contributed by atoms with Crippen LogP contribution in [0.15, 0.2) is 42.5 Å². The van der Waals surface area contributed by atoms with Gasteiger partial charge >= 0.3 is 0 Å². The molecule has 132 valence electrons. The number of para-hydroxylation sites is 1. The molecule has 0 radical (unpaired) electrons. The number of hydrogen-bond acceptors (Lipinski definition) is 4. The normalized spacial score (nSPS) is 14.2. The van der Waals surface area contributed by atoms with Crippen molar-refractivity contribution in [1.82, 2.24) is 0 Å². The average molecular weight is 340 g/mol. The lowest BCUT2D eigenvalue weighted by atomic mass is 10.1. The van der Waals surface area contributed by atoms with Crippen LogP contribution in [-0.4, -0.2) is 38.8 Å². The fourth-order valence-electron chi connectivity index (χ4n) is 2.95. The summed E-state index contributed by atoms with van der Waals surface area (Å²) in [4.78, 5) is 14.4. The first-order chi connectivity index (χ1) is 12.1. The third kappa shape index (κ3) is 4.51. The second-order valence-electron chi connectivity index (χ2n) is 6.20.